The highest BCUT2D eigenvalue weighted by Crippen LogP contribution is 2.40. The fraction of sp³-hybridized carbons (Fsp3) is 0.450. The fourth-order valence-corrected chi connectivity index (χ4v) is 4.23. The van der Waals surface area contributed by atoms with E-state index in [-0.39, 0.29) is 0 Å². The Kier molecular flexibility index (Phi) is 5.68. The third-order valence-corrected chi connectivity index (χ3v) is 5.76. The Morgan fingerprint density at radius 3 is 2.93 bits per heavy atom. The van der Waals surface area contributed by atoms with E-state index in [0.29, 0.717) is 11.8 Å². The van der Waals surface area contributed by atoms with Crippen molar-refractivity contribution in [3.05, 3.63) is 41.7 Å². The predicted octanol–water partition coefficient (Wildman–Crippen LogP) is 2.59. The molecule has 0 saturated heterocycles. The zero-order valence-corrected chi connectivity index (χ0v) is 16.1. The molecule has 0 unspecified atom stereocenters. The van der Waals surface area contributed by atoms with E-state index < -0.39 is 0 Å². The molecule has 1 aliphatic heterocycles. The predicted molar refractivity (Wildman–Crippen MR) is 112 cm³/mol. The molecule has 28 heavy (non-hydrogen) atoms. The first-order chi connectivity index (χ1) is 13.8. The Bertz CT molecular complexity index is 839. The maximum Gasteiger partial charge on any atom is 0.141 e. The maximum absolute atomic E-state index is 6.19. The summed E-state index contributed by atoms with van der Waals surface area (Å²) in [5.74, 6) is 8.11. The van der Waals surface area contributed by atoms with Crippen LogP contribution >= 0.6 is 0 Å². The number of fused-ring (bicyclic) bond motifs is 1. The summed E-state index contributed by atoms with van der Waals surface area (Å²) in [5, 5.41) is 5.16. The number of hydrogen-bond acceptors (Lipinski definition) is 6. The second-order valence-electron chi connectivity index (χ2n) is 7.53. The summed E-state index contributed by atoms with van der Waals surface area (Å²) in [6, 6.07) is 2.00. The second-order valence-corrected chi connectivity index (χ2v) is 7.53. The van der Waals surface area contributed by atoms with Crippen LogP contribution in [0.2, 0.25) is 0 Å². The summed E-state index contributed by atoms with van der Waals surface area (Å²) < 4.78 is 0. The third kappa shape index (κ3) is 3.93. The molecule has 1 saturated carbocycles. The van der Waals surface area contributed by atoms with Gasteiger partial charge in [-0.1, -0.05) is 0 Å². The molecule has 3 heterocycles. The highest BCUT2D eigenvalue weighted by atomic mass is 15.4. The van der Waals surface area contributed by atoms with E-state index in [1.165, 1.54) is 18.5 Å². The largest absolute Gasteiger partial charge is 0.348 e. The molecule has 0 aromatic carbocycles. The van der Waals surface area contributed by atoms with Crippen molar-refractivity contribution < 1.29 is 0 Å². The molecule has 0 amide bonds. The minimum Gasteiger partial charge on any atom is -0.348 e. The smallest absolute Gasteiger partial charge is 0.141 e. The Hall–Kier alpha value is -2.71. The molecule has 0 bridgehead atoms. The Morgan fingerprint density at radius 2 is 2.18 bits per heavy atom. The van der Waals surface area contributed by atoms with Gasteiger partial charge < -0.3 is 15.3 Å². The first-order valence-electron chi connectivity index (χ1n) is 9.91. The van der Waals surface area contributed by atoms with E-state index in [1.54, 1.807) is 17.7 Å². The molecule has 2 aliphatic rings. The first-order valence-corrected chi connectivity index (χ1v) is 9.91. The van der Waals surface area contributed by atoms with Gasteiger partial charge in [-0.15, -0.1) is 0 Å². The summed E-state index contributed by atoms with van der Waals surface area (Å²) in [5.41, 5.74) is 4.08. The highest BCUT2D eigenvalue weighted by Gasteiger charge is 2.29. The lowest BCUT2D eigenvalue weighted by molar-refractivity contribution is 0.291. The molecule has 0 radical (unpaired) electrons. The summed E-state index contributed by atoms with van der Waals surface area (Å²) in [7, 11) is 0. The van der Waals surface area contributed by atoms with Gasteiger partial charge in [-0.05, 0) is 50.9 Å². The molecule has 5 N–H and O–H groups in total. The lowest BCUT2D eigenvalue weighted by Crippen LogP contribution is -2.32. The van der Waals surface area contributed by atoms with Crippen LogP contribution < -0.4 is 11.2 Å². The van der Waals surface area contributed by atoms with Crippen LogP contribution in [0.4, 0.5) is 5.82 Å². The van der Waals surface area contributed by atoms with E-state index >= 15 is 0 Å². The lowest BCUT2D eigenvalue weighted by atomic mass is 9.79. The van der Waals surface area contributed by atoms with Gasteiger partial charge in [0.2, 0.25) is 0 Å². The van der Waals surface area contributed by atoms with Crippen molar-refractivity contribution in [1.82, 2.24) is 25.3 Å². The quantitative estimate of drug-likeness (QED) is 0.336. The van der Waals surface area contributed by atoms with Gasteiger partial charge >= 0.3 is 0 Å². The number of hydrazine groups is 1. The van der Waals surface area contributed by atoms with Crippen molar-refractivity contribution in [1.29, 1.82) is 0 Å². The number of aromatic amines is 2. The van der Waals surface area contributed by atoms with Crippen molar-refractivity contribution in [2.45, 2.75) is 32.1 Å². The Labute approximate surface area is 165 Å². The minimum atomic E-state index is 0.383. The van der Waals surface area contributed by atoms with Crippen molar-refractivity contribution in [2.24, 2.45) is 27.7 Å². The van der Waals surface area contributed by atoms with Crippen LogP contribution in [0.1, 0.15) is 36.9 Å². The molecule has 8 heteroatoms. The lowest BCUT2D eigenvalue weighted by Gasteiger charge is -2.32. The van der Waals surface area contributed by atoms with Crippen LogP contribution in [0.5, 0.6) is 0 Å². The van der Waals surface area contributed by atoms with Gasteiger partial charge in [0, 0.05) is 42.5 Å². The third-order valence-electron chi connectivity index (χ3n) is 5.76. The van der Waals surface area contributed by atoms with Crippen LogP contribution in [-0.2, 0) is 6.42 Å². The van der Waals surface area contributed by atoms with E-state index in [1.807, 2.05) is 18.5 Å². The molecule has 148 valence electrons. The number of aromatic nitrogens is 3. The van der Waals surface area contributed by atoms with Gasteiger partial charge in [0.15, 0.2) is 0 Å². The number of allylic oxidation sites excluding steroid dienone is 1. The van der Waals surface area contributed by atoms with E-state index in [4.69, 9.17) is 5.84 Å². The highest BCUT2D eigenvalue weighted by molar-refractivity contribution is 5.87. The summed E-state index contributed by atoms with van der Waals surface area (Å²) in [6.45, 7) is 5.88. The Balaban J connectivity index is 1.33. The zero-order chi connectivity index (χ0) is 19.3. The molecule has 0 spiro atoms. The van der Waals surface area contributed by atoms with Crippen molar-refractivity contribution >= 4 is 24.6 Å². The number of nitrogens with one attached hydrogen (secondary N) is 3. The van der Waals surface area contributed by atoms with Gasteiger partial charge in [-0.25, -0.2) is 15.8 Å². The molecule has 2 aromatic heterocycles. The zero-order valence-electron chi connectivity index (χ0n) is 16.1. The van der Waals surface area contributed by atoms with Crippen LogP contribution in [0.25, 0.3) is 5.70 Å². The van der Waals surface area contributed by atoms with E-state index in [0.717, 1.165) is 55.1 Å². The Morgan fingerprint density at radius 1 is 1.32 bits per heavy atom. The van der Waals surface area contributed by atoms with Gasteiger partial charge in [0.1, 0.15) is 12.2 Å². The molecular weight excluding hydrogens is 352 g/mol. The average molecular weight is 381 g/mol. The number of imidazole rings is 1. The molecule has 1 fully saturated rings. The number of H-pyrrole nitrogens is 2. The van der Waals surface area contributed by atoms with E-state index in [2.05, 4.69) is 37.0 Å². The second kappa shape index (κ2) is 8.53. The van der Waals surface area contributed by atoms with Crippen LogP contribution in [0.3, 0.4) is 0 Å². The number of nitrogens with two attached hydrogens (primary N) is 1. The standard InChI is InChI=1S/C20H28N8/c1-22-18(19-17-7-9-25-20(17)27-13-28(19)21)15-4-2-14(3-5-15)10-23-8-6-16-11-24-12-26-16/h7,9,11-15,23,25H,1-6,8,10,21H2,(H,24,26)/b19-18-. The number of aliphatic imine (C=N–C) groups is 2. The fourth-order valence-electron chi connectivity index (χ4n) is 4.23. The van der Waals surface area contributed by atoms with Gasteiger partial charge in [-0.3, -0.25) is 10.0 Å². The maximum atomic E-state index is 6.19. The average Bonchev–Trinajstić information content (AvgIpc) is 3.40. The van der Waals surface area contributed by atoms with Gasteiger partial charge in [0.25, 0.3) is 0 Å². The summed E-state index contributed by atoms with van der Waals surface area (Å²) in [6.07, 6.45) is 12.7. The summed E-state index contributed by atoms with van der Waals surface area (Å²) >= 11 is 0. The summed E-state index contributed by atoms with van der Waals surface area (Å²) in [4.78, 5) is 19.1. The van der Waals surface area contributed by atoms with E-state index in [9.17, 15) is 0 Å². The van der Waals surface area contributed by atoms with Crippen molar-refractivity contribution in [3.8, 4) is 0 Å². The van der Waals surface area contributed by atoms with Crippen LogP contribution in [0.15, 0.2) is 40.5 Å². The molecule has 1 aliphatic carbocycles. The number of nitrogens with zero attached hydrogens (tertiary/aromatic N) is 4. The van der Waals surface area contributed by atoms with Gasteiger partial charge in [0.05, 0.1) is 17.7 Å². The monoisotopic (exact) mass is 380 g/mol. The SMILES string of the molecule is C=N/C(=C1/c2cc[nH]c2N=CN1N)C1CCC(CNCCc2cnc[nH]2)CC1. The number of rotatable bonds is 7. The minimum absolute atomic E-state index is 0.383. The molecule has 2 aromatic rings. The number of hydrogen-bond donors (Lipinski definition) is 4. The molecular formula is C20H28N8. The van der Waals surface area contributed by atoms with Crippen molar-refractivity contribution in [3.63, 3.8) is 0 Å². The van der Waals surface area contributed by atoms with Crippen molar-refractivity contribution in [2.75, 3.05) is 13.1 Å². The first kappa shape index (κ1) is 18.6. The topological polar surface area (TPSA) is 110 Å². The molecule has 8 nitrogen and oxygen atoms in total. The van der Waals surface area contributed by atoms with Crippen LogP contribution in [-0.4, -0.2) is 46.1 Å². The normalized spacial score (nSPS) is 23.5. The van der Waals surface area contributed by atoms with Crippen LogP contribution in [0, 0.1) is 11.8 Å². The molecule has 4 rings (SSSR count). The van der Waals surface area contributed by atoms with Gasteiger partial charge in [-0.2, -0.15) is 0 Å². The molecule has 0 atom stereocenters.